The summed E-state index contributed by atoms with van der Waals surface area (Å²) in [6.07, 6.45) is 1.06. The lowest BCUT2D eigenvalue weighted by atomic mass is 10.1. The summed E-state index contributed by atoms with van der Waals surface area (Å²) < 4.78 is 0. The third-order valence-electron chi connectivity index (χ3n) is 2.45. The molecule has 2 rings (SSSR count). The molecule has 9 heteroatoms. The molecule has 0 radical (unpaired) electrons. The number of ketones is 1. The number of hydrogen-bond donors (Lipinski definition) is 1. The van der Waals surface area contributed by atoms with Gasteiger partial charge in [0.2, 0.25) is 0 Å². The molecule has 0 saturated carbocycles. The average Bonchev–Trinajstić information content (AvgIpc) is 2.42. The van der Waals surface area contributed by atoms with Crippen LogP contribution in [0.3, 0.4) is 0 Å². The number of halogens is 6. The third kappa shape index (κ3) is 3.19. The molecule has 0 aromatic heterocycles. The van der Waals surface area contributed by atoms with Crippen molar-refractivity contribution in [3.63, 3.8) is 0 Å². The zero-order valence-electron chi connectivity index (χ0n) is 9.73. The molecule has 0 heterocycles. The summed E-state index contributed by atoms with van der Waals surface area (Å²) >= 11 is 35.3. The zero-order chi connectivity index (χ0) is 15.9. The second-order valence-corrected chi connectivity index (χ2v) is 6.15. The molecule has 1 aromatic rings. The van der Waals surface area contributed by atoms with Gasteiger partial charge in [-0.15, -0.1) is 0 Å². The van der Waals surface area contributed by atoms with Gasteiger partial charge < -0.3 is 5.11 Å². The Bertz CT molecular complexity index is 751. The van der Waals surface area contributed by atoms with Crippen molar-refractivity contribution < 1.29 is 9.90 Å². The molecule has 1 aliphatic rings. The molecule has 0 spiro atoms. The van der Waals surface area contributed by atoms with E-state index in [1.165, 1.54) is 6.07 Å². The minimum absolute atomic E-state index is 0.00116. The molecule has 1 aliphatic carbocycles. The first-order chi connectivity index (χ1) is 9.73. The molecule has 0 aliphatic heterocycles. The van der Waals surface area contributed by atoms with Crippen molar-refractivity contribution >= 4 is 86.8 Å². The smallest absolute Gasteiger partial charge is 0.200 e. The van der Waals surface area contributed by atoms with Crippen LogP contribution in [-0.4, -0.2) is 16.6 Å². The van der Waals surface area contributed by atoms with Gasteiger partial charge in [0.1, 0.15) is 21.5 Å². The highest BCUT2D eigenvalue weighted by atomic mass is 35.5. The quantitative estimate of drug-likeness (QED) is 0.598. The normalized spacial score (nSPS) is 17.5. The standard InChI is InChI=1S/C12H3Cl6NO2/c13-3-1-5(15)12(21)9(18)11(3)19-10-4(14)2-6(20)7(16)8(10)17/h1-2,21H. The van der Waals surface area contributed by atoms with E-state index in [1.807, 2.05) is 0 Å². The molecule has 21 heavy (non-hydrogen) atoms. The zero-order valence-corrected chi connectivity index (χ0v) is 14.3. The van der Waals surface area contributed by atoms with Gasteiger partial charge in [-0.05, 0) is 6.07 Å². The molecule has 0 bridgehead atoms. The lowest BCUT2D eigenvalue weighted by molar-refractivity contribution is -0.110. The Morgan fingerprint density at radius 2 is 1.57 bits per heavy atom. The SMILES string of the molecule is O=C1C=C(Cl)C(=Nc2c(Cl)cc(Cl)c(O)c2Cl)C(Cl)=C1Cl. The van der Waals surface area contributed by atoms with Crippen LogP contribution >= 0.6 is 69.6 Å². The number of benzene rings is 1. The van der Waals surface area contributed by atoms with Crippen molar-refractivity contribution in [3.8, 4) is 5.75 Å². The first kappa shape index (κ1) is 16.9. The molecule has 0 saturated heterocycles. The fourth-order valence-electron chi connectivity index (χ4n) is 1.45. The predicted molar refractivity (Wildman–Crippen MR) is 87.9 cm³/mol. The number of allylic oxidation sites excluding steroid dienone is 4. The van der Waals surface area contributed by atoms with Gasteiger partial charge in [-0.25, -0.2) is 4.99 Å². The van der Waals surface area contributed by atoms with Gasteiger partial charge >= 0.3 is 0 Å². The second-order valence-electron chi connectivity index (χ2n) is 3.80. The number of phenols is 1. The molecule has 3 nitrogen and oxygen atoms in total. The molecule has 1 N–H and O–H groups in total. The van der Waals surface area contributed by atoms with Crippen LogP contribution in [0.5, 0.6) is 5.75 Å². The maximum atomic E-state index is 11.4. The van der Waals surface area contributed by atoms with Gasteiger partial charge in [-0.3, -0.25) is 4.79 Å². The van der Waals surface area contributed by atoms with Gasteiger partial charge in [0.15, 0.2) is 11.5 Å². The van der Waals surface area contributed by atoms with Crippen LogP contribution in [-0.2, 0) is 4.79 Å². The number of carbonyl (C=O) groups is 1. The Kier molecular flexibility index (Phi) is 5.14. The largest absolute Gasteiger partial charge is 0.505 e. The van der Waals surface area contributed by atoms with Crippen LogP contribution in [0, 0.1) is 0 Å². The van der Waals surface area contributed by atoms with Gasteiger partial charge in [0.25, 0.3) is 0 Å². The number of hydrogen-bond acceptors (Lipinski definition) is 3. The highest BCUT2D eigenvalue weighted by Crippen LogP contribution is 2.45. The lowest BCUT2D eigenvalue weighted by Gasteiger charge is -2.12. The average molecular weight is 406 g/mol. The summed E-state index contributed by atoms with van der Waals surface area (Å²) in [5, 5.41) is 9.15. The highest BCUT2D eigenvalue weighted by molar-refractivity contribution is 6.64. The molecule has 1 aromatic carbocycles. The number of aromatic hydroxyl groups is 1. The molecule has 110 valence electrons. The molecule has 0 unspecified atom stereocenters. The Morgan fingerprint density at radius 3 is 2.19 bits per heavy atom. The Hall–Kier alpha value is -0.420. The van der Waals surface area contributed by atoms with Crippen LogP contribution in [0.25, 0.3) is 0 Å². The summed E-state index contributed by atoms with van der Waals surface area (Å²) in [4.78, 5) is 15.5. The Morgan fingerprint density at radius 1 is 0.952 bits per heavy atom. The molecule has 0 amide bonds. The number of aliphatic imine (C=N–C) groups is 1. The number of carbonyl (C=O) groups excluding carboxylic acids is 1. The monoisotopic (exact) mass is 403 g/mol. The van der Waals surface area contributed by atoms with E-state index in [2.05, 4.69) is 4.99 Å². The van der Waals surface area contributed by atoms with E-state index in [0.717, 1.165) is 6.08 Å². The van der Waals surface area contributed by atoms with Crippen LogP contribution in [0.15, 0.2) is 32.2 Å². The summed E-state index contributed by atoms with van der Waals surface area (Å²) in [5.41, 5.74) is 0.00667. The minimum atomic E-state index is -0.540. The Balaban J connectivity index is 2.68. The summed E-state index contributed by atoms with van der Waals surface area (Å²) in [6.45, 7) is 0. The predicted octanol–water partition coefficient (Wildman–Crippen LogP) is 5.82. The fourth-order valence-corrected chi connectivity index (χ4v) is 2.96. The summed E-state index contributed by atoms with van der Waals surface area (Å²) in [5.74, 6) is -0.929. The topological polar surface area (TPSA) is 49.7 Å². The first-order valence-electron chi connectivity index (χ1n) is 5.16. The molecular weight excluding hydrogens is 403 g/mol. The minimum Gasteiger partial charge on any atom is -0.505 e. The molecule has 0 fully saturated rings. The van der Waals surface area contributed by atoms with Crippen molar-refractivity contribution in [2.75, 3.05) is 0 Å². The van der Waals surface area contributed by atoms with E-state index in [1.54, 1.807) is 0 Å². The summed E-state index contributed by atoms with van der Waals surface area (Å²) in [6, 6.07) is 1.26. The van der Waals surface area contributed by atoms with Gasteiger partial charge in [0.05, 0.1) is 20.1 Å². The first-order valence-corrected chi connectivity index (χ1v) is 7.43. The maximum Gasteiger partial charge on any atom is 0.200 e. The van der Waals surface area contributed by atoms with Gasteiger partial charge in [-0.2, -0.15) is 0 Å². The number of phenolic OH excluding ortho intramolecular Hbond substituents is 1. The van der Waals surface area contributed by atoms with E-state index in [4.69, 9.17) is 69.6 Å². The van der Waals surface area contributed by atoms with E-state index in [9.17, 15) is 9.90 Å². The number of rotatable bonds is 1. The van der Waals surface area contributed by atoms with Crippen molar-refractivity contribution in [2.45, 2.75) is 0 Å². The van der Waals surface area contributed by atoms with Crippen LogP contribution in [0.2, 0.25) is 15.1 Å². The number of nitrogens with zero attached hydrogens (tertiary/aromatic N) is 1. The third-order valence-corrected chi connectivity index (χ3v) is 4.51. The summed E-state index contributed by atoms with van der Waals surface area (Å²) in [7, 11) is 0. The maximum absolute atomic E-state index is 11.4. The van der Waals surface area contributed by atoms with Crippen molar-refractivity contribution in [3.05, 3.63) is 42.3 Å². The lowest BCUT2D eigenvalue weighted by Crippen LogP contribution is -2.11. The molecular formula is C12H3Cl6NO2. The highest BCUT2D eigenvalue weighted by Gasteiger charge is 2.25. The van der Waals surface area contributed by atoms with E-state index >= 15 is 0 Å². The van der Waals surface area contributed by atoms with E-state index in [-0.39, 0.29) is 47.3 Å². The van der Waals surface area contributed by atoms with Crippen LogP contribution in [0.4, 0.5) is 5.69 Å². The van der Waals surface area contributed by atoms with Gasteiger partial charge in [-0.1, -0.05) is 69.6 Å². The van der Waals surface area contributed by atoms with Crippen LogP contribution in [0.1, 0.15) is 0 Å². The Labute approximate surface area is 149 Å². The fraction of sp³-hybridized carbons (Fsp3) is 0. The van der Waals surface area contributed by atoms with Crippen molar-refractivity contribution in [1.29, 1.82) is 0 Å². The second kappa shape index (κ2) is 6.37. The van der Waals surface area contributed by atoms with Crippen LogP contribution < -0.4 is 0 Å². The van der Waals surface area contributed by atoms with E-state index in [0.29, 0.717) is 0 Å². The van der Waals surface area contributed by atoms with Crippen molar-refractivity contribution in [1.82, 2.24) is 0 Å². The van der Waals surface area contributed by atoms with Crippen molar-refractivity contribution in [2.24, 2.45) is 4.99 Å². The van der Waals surface area contributed by atoms with Gasteiger partial charge in [0, 0.05) is 6.08 Å². The van der Waals surface area contributed by atoms with E-state index < -0.39 is 5.78 Å². The molecule has 0 atom stereocenters.